The Balaban J connectivity index is 1.98. The standard InChI is InChI=1S/C17H15FN2O4/c1-9-5-10(18)6-11-15(9)19-7-12(16(11)22)17(23)20-13(8-21)14-3-2-4-24-14/h2-7,13,21H,8H2,1H3,(H,19,22)(H,20,23). The van der Waals surface area contributed by atoms with Crippen LogP contribution in [0.1, 0.15) is 27.7 Å². The molecule has 3 rings (SSSR count). The van der Waals surface area contributed by atoms with E-state index >= 15 is 0 Å². The summed E-state index contributed by atoms with van der Waals surface area (Å²) in [6, 6.07) is 4.84. The highest BCUT2D eigenvalue weighted by molar-refractivity contribution is 5.97. The van der Waals surface area contributed by atoms with E-state index in [1.54, 1.807) is 19.1 Å². The third-order valence-electron chi connectivity index (χ3n) is 3.77. The molecule has 1 unspecified atom stereocenters. The first-order valence-electron chi connectivity index (χ1n) is 7.28. The molecule has 3 N–H and O–H groups in total. The second kappa shape index (κ2) is 6.29. The van der Waals surface area contributed by atoms with Gasteiger partial charge in [0.2, 0.25) is 5.43 Å². The first kappa shape index (κ1) is 15.9. The first-order valence-corrected chi connectivity index (χ1v) is 7.28. The summed E-state index contributed by atoms with van der Waals surface area (Å²) >= 11 is 0. The number of pyridine rings is 1. The van der Waals surface area contributed by atoms with Crippen molar-refractivity contribution in [3.05, 3.63) is 69.7 Å². The molecule has 0 saturated heterocycles. The third kappa shape index (κ3) is 2.81. The van der Waals surface area contributed by atoms with Crippen LogP contribution in [-0.4, -0.2) is 22.6 Å². The number of fused-ring (bicyclic) bond motifs is 1. The average Bonchev–Trinajstić information content (AvgIpc) is 3.07. The van der Waals surface area contributed by atoms with Crippen molar-refractivity contribution in [3.8, 4) is 0 Å². The highest BCUT2D eigenvalue weighted by Gasteiger charge is 2.20. The number of aryl methyl sites for hydroxylation is 1. The number of carbonyl (C=O) groups excluding carboxylic acids is 1. The Kier molecular flexibility index (Phi) is 4.18. The molecule has 2 heterocycles. The minimum atomic E-state index is -0.781. The van der Waals surface area contributed by atoms with Crippen molar-refractivity contribution in [1.29, 1.82) is 0 Å². The van der Waals surface area contributed by atoms with E-state index in [4.69, 9.17) is 4.42 Å². The fraction of sp³-hybridized carbons (Fsp3) is 0.176. The topological polar surface area (TPSA) is 95.3 Å². The molecule has 0 aliphatic heterocycles. The van der Waals surface area contributed by atoms with Crippen LogP contribution >= 0.6 is 0 Å². The third-order valence-corrected chi connectivity index (χ3v) is 3.77. The van der Waals surface area contributed by atoms with Crippen molar-refractivity contribution in [3.63, 3.8) is 0 Å². The fourth-order valence-electron chi connectivity index (χ4n) is 2.57. The summed E-state index contributed by atoms with van der Waals surface area (Å²) < 4.78 is 18.7. The van der Waals surface area contributed by atoms with E-state index in [-0.39, 0.29) is 10.9 Å². The molecule has 1 aromatic carbocycles. The number of H-pyrrole nitrogens is 1. The van der Waals surface area contributed by atoms with Crippen molar-refractivity contribution in [2.75, 3.05) is 6.61 Å². The Labute approximate surface area is 135 Å². The van der Waals surface area contributed by atoms with E-state index in [0.717, 1.165) is 6.07 Å². The van der Waals surface area contributed by atoms with Crippen molar-refractivity contribution in [2.24, 2.45) is 0 Å². The lowest BCUT2D eigenvalue weighted by molar-refractivity contribution is 0.0906. The maximum Gasteiger partial charge on any atom is 0.257 e. The summed E-state index contributed by atoms with van der Waals surface area (Å²) in [5.41, 5.74) is 0.290. The van der Waals surface area contributed by atoms with Crippen LogP contribution in [0.5, 0.6) is 0 Å². The van der Waals surface area contributed by atoms with Crippen LogP contribution in [0, 0.1) is 12.7 Å². The van der Waals surface area contributed by atoms with Crippen molar-refractivity contribution in [2.45, 2.75) is 13.0 Å². The molecule has 1 amide bonds. The summed E-state index contributed by atoms with van der Waals surface area (Å²) in [6.07, 6.45) is 2.69. The van der Waals surface area contributed by atoms with E-state index in [1.165, 1.54) is 18.5 Å². The van der Waals surface area contributed by atoms with E-state index < -0.39 is 29.8 Å². The molecule has 0 bridgehead atoms. The molecule has 0 spiro atoms. The number of benzene rings is 1. The molecule has 2 aromatic heterocycles. The number of aromatic nitrogens is 1. The number of aliphatic hydroxyl groups is 1. The quantitative estimate of drug-likeness (QED) is 0.682. The van der Waals surface area contributed by atoms with Gasteiger partial charge in [-0.15, -0.1) is 0 Å². The monoisotopic (exact) mass is 330 g/mol. The van der Waals surface area contributed by atoms with Gasteiger partial charge < -0.3 is 19.8 Å². The second-order valence-corrected chi connectivity index (χ2v) is 5.40. The van der Waals surface area contributed by atoms with E-state index in [0.29, 0.717) is 16.8 Å². The molecular formula is C17H15FN2O4. The number of amides is 1. The molecule has 124 valence electrons. The molecule has 0 radical (unpaired) electrons. The van der Waals surface area contributed by atoms with Crippen LogP contribution in [0.25, 0.3) is 10.9 Å². The Morgan fingerprint density at radius 2 is 2.25 bits per heavy atom. The molecule has 7 heteroatoms. The van der Waals surface area contributed by atoms with Gasteiger partial charge >= 0.3 is 0 Å². The Bertz CT molecular complexity index is 947. The zero-order valence-electron chi connectivity index (χ0n) is 12.8. The van der Waals surface area contributed by atoms with Gasteiger partial charge in [0.05, 0.1) is 18.4 Å². The number of furan rings is 1. The zero-order valence-corrected chi connectivity index (χ0v) is 12.8. The van der Waals surface area contributed by atoms with Crippen LogP contribution in [0.3, 0.4) is 0 Å². The number of halogens is 1. The number of aliphatic hydroxyl groups excluding tert-OH is 1. The largest absolute Gasteiger partial charge is 0.467 e. The predicted octanol–water partition coefficient (Wildman–Crippen LogP) is 2.03. The first-order chi connectivity index (χ1) is 11.5. The molecule has 6 nitrogen and oxygen atoms in total. The summed E-state index contributed by atoms with van der Waals surface area (Å²) in [4.78, 5) is 27.7. The van der Waals surface area contributed by atoms with Crippen molar-refractivity contribution in [1.82, 2.24) is 10.3 Å². The normalized spacial score (nSPS) is 12.3. The van der Waals surface area contributed by atoms with Gasteiger partial charge in [0.1, 0.15) is 23.2 Å². The van der Waals surface area contributed by atoms with E-state index in [1.807, 2.05) is 0 Å². The number of rotatable bonds is 4. The summed E-state index contributed by atoms with van der Waals surface area (Å²) in [6.45, 7) is 1.28. The van der Waals surface area contributed by atoms with Crippen LogP contribution < -0.4 is 10.7 Å². The van der Waals surface area contributed by atoms with Crippen LogP contribution in [0.4, 0.5) is 4.39 Å². The smallest absolute Gasteiger partial charge is 0.257 e. The fourth-order valence-corrected chi connectivity index (χ4v) is 2.57. The van der Waals surface area contributed by atoms with Gasteiger partial charge in [-0.2, -0.15) is 0 Å². The van der Waals surface area contributed by atoms with E-state index in [2.05, 4.69) is 10.3 Å². The van der Waals surface area contributed by atoms with Gasteiger partial charge in [-0.05, 0) is 36.8 Å². The van der Waals surface area contributed by atoms with Gasteiger partial charge in [-0.1, -0.05) is 0 Å². The molecular weight excluding hydrogens is 315 g/mol. The van der Waals surface area contributed by atoms with Gasteiger partial charge in [-0.25, -0.2) is 4.39 Å². The lowest BCUT2D eigenvalue weighted by atomic mass is 10.1. The minimum absolute atomic E-state index is 0.0960. The zero-order chi connectivity index (χ0) is 17.3. The lowest BCUT2D eigenvalue weighted by Crippen LogP contribution is -2.33. The second-order valence-electron chi connectivity index (χ2n) is 5.40. The van der Waals surface area contributed by atoms with E-state index in [9.17, 15) is 19.1 Å². The van der Waals surface area contributed by atoms with Gasteiger partial charge in [0.25, 0.3) is 5.91 Å². The van der Waals surface area contributed by atoms with Gasteiger partial charge in [-0.3, -0.25) is 9.59 Å². The SMILES string of the molecule is Cc1cc(F)cc2c(=O)c(C(=O)NC(CO)c3ccco3)c[nH]c12. The minimum Gasteiger partial charge on any atom is -0.467 e. The Morgan fingerprint density at radius 1 is 1.46 bits per heavy atom. The van der Waals surface area contributed by atoms with Gasteiger partial charge in [0.15, 0.2) is 0 Å². The van der Waals surface area contributed by atoms with Crippen LogP contribution in [0.15, 0.2) is 45.9 Å². The van der Waals surface area contributed by atoms with Gasteiger partial charge in [0, 0.05) is 11.6 Å². The molecule has 0 saturated carbocycles. The summed E-state index contributed by atoms with van der Waals surface area (Å²) in [5.74, 6) is -0.868. The van der Waals surface area contributed by atoms with Crippen LogP contribution in [-0.2, 0) is 0 Å². The maximum atomic E-state index is 13.6. The molecule has 24 heavy (non-hydrogen) atoms. The number of carbonyl (C=O) groups is 1. The molecule has 0 aliphatic carbocycles. The molecule has 3 aromatic rings. The van der Waals surface area contributed by atoms with Crippen molar-refractivity contribution >= 4 is 16.8 Å². The lowest BCUT2D eigenvalue weighted by Gasteiger charge is -2.14. The number of nitrogens with one attached hydrogen (secondary N) is 2. The van der Waals surface area contributed by atoms with Crippen LogP contribution in [0.2, 0.25) is 0 Å². The Morgan fingerprint density at radius 3 is 2.92 bits per heavy atom. The highest BCUT2D eigenvalue weighted by atomic mass is 19.1. The Hall–Kier alpha value is -2.93. The number of aromatic amines is 1. The highest BCUT2D eigenvalue weighted by Crippen LogP contribution is 2.17. The number of hydrogen-bond donors (Lipinski definition) is 3. The maximum absolute atomic E-state index is 13.6. The summed E-state index contributed by atoms with van der Waals surface area (Å²) in [5, 5.41) is 12.0. The van der Waals surface area contributed by atoms with Crippen molar-refractivity contribution < 1.29 is 18.7 Å². The summed E-state index contributed by atoms with van der Waals surface area (Å²) in [7, 11) is 0. The predicted molar refractivity (Wildman–Crippen MR) is 85.3 cm³/mol. The molecule has 0 aliphatic rings. The molecule has 0 fully saturated rings. The average molecular weight is 330 g/mol. The molecule has 1 atom stereocenters. The number of hydrogen-bond acceptors (Lipinski definition) is 4.